The van der Waals surface area contributed by atoms with E-state index in [1.165, 1.54) is 0 Å². The Kier molecular flexibility index (Phi) is 4.69. The van der Waals surface area contributed by atoms with E-state index < -0.39 is 0 Å². The van der Waals surface area contributed by atoms with Crippen molar-refractivity contribution in [3.63, 3.8) is 0 Å². The van der Waals surface area contributed by atoms with Crippen LogP contribution in [0.15, 0.2) is 18.2 Å². The molecule has 0 radical (unpaired) electrons. The number of ether oxygens (including phenoxy) is 1. The third-order valence-corrected chi connectivity index (χ3v) is 3.71. The number of halogens is 2. The van der Waals surface area contributed by atoms with Crippen LogP contribution in [0.2, 0.25) is 10.0 Å². The first-order valence-electron chi connectivity index (χ1n) is 5.99. The molecule has 94 valence electrons. The molecule has 1 aromatic rings. The Morgan fingerprint density at radius 2 is 2.24 bits per heavy atom. The fraction of sp³-hybridized carbons (Fsp3) is 0.538. The highest BCUT2D eigenvalue weighted by Gasteiger charge is 2.30. The van der Waals surface area contributed by atoms with Gasteiger partial charge in [0.05, 0.1) is 6.10 Å². The third kappa shape index (κ3) is 3.14. The molecule has 2 atom stereocenters. The SMILES string of the molecule is CCNCC1CCOC1c1cc(Cl)ccc1Cl. The van der Waals surface area contributed by atoms with Crippen molar-refractivity contribution >= 4 is 23.2 Å². The summed E-state index contributed by atoms with van der Waals surface area (Å²) in [6, 6.07) is 5.56. The van der Waals surface area contributed by atoms with Gasteiger partial charge in [0.15, 0.2) is 0 Å². The highest BCUT2D eigenvalue weighted by atomic mass is 35.5. The summed E-state index contributed by atoms with van der Waals surface area (Å²) < 4.78 is 5.80. The molecule has 2 unspecified atom stereocenters. The second-order valence-electron chi connectivity index (χ2n) is 4.31. The van der Waals surface area contributed by atoms with Crippen LogP contribution in [0.4, 0.5) is 0 Å². The molecule has 0 saturated carbocycles. The van der Waals surface area contributed by atoms with Gasteiger partial charge in [-0.15, -0.1) is 0 Å². The predicted octanol–water partition coefficient (Wildman–Crippen LogP) is 3.68. The number of benzene rings is 1. The monoisotopic (exact) mass is 273 g/mol. The Bertz CT molecular complexity index is 384. The molecule has 0 aromatic heterocycles. The summed E-state index contributed by atoms with van der Waals surface area (Å²) in [5.41, 5.74) is 1.01. The zero-order chi connectivity index (χ0) is 12.3. The van der Waals surface area contributed by atoms with Gasteiger partial charge < -0.3 is 10.1 Å². The molecule has 1 aromatic carbocycles. The Morgan fingerprint density at radius 3 is 3.00 bits per heavy atom. The molecule has 0 amide bonds. The van der Waals surface area contributed by atoms with Gasteiger partial charge in [0, 0.05) is 34.7 Å². The Hall–Kier alpha value is -0.280. The van der Waals surface area contributed by atoms with Gasteiger partial charge in [-0.05, 0) is 31.2 Å². The van der Waals surface area contributed by atoms with Crippen molar-refractivity contribution in [2.24, 2.45) is 5.92 Å². The minimum absolute atomic E-state index is 0.0697. The zero-order valence-corrected chi connectivity index (χ0v) is 11.4. The van der Waals surface area contributed by atoms with Gasteiger partial charge >= 0.3 is 0 Å². The molecule has 1 fully saturated rings. The Balaban J connectivity index is 2.16. The fourth-order valence-electron chi connectivity index (χ4n) is 2.25. The van der Waals surface area contributed by atoms with Crippen molar-refractivity contribution in [1.29, 1.82) is 0 Å². The quantitative estimate of drug-likeness (QED) is 0.904. The minimum atomic E-state index is 0.0697. The minimum Gasteiger partial charge on any atom is -0.373 e. The number of nitrogens with one attached hydrogen (secondary N) is 1. The lowest BCUT2D eigenvalue weighted by atomic mass is 9.95. The molecule has 2 rings (SSSR count). The summed E-state index contributed by atoms with van der Waals surface area (Å²) in [7, 11) is 0. The Morgan fingerprint density at radius 1 is 1.41 bits per heavy atom. The van der Waals surface area contributed by atoms with Gasteiger partial charge in [-0.3, -0.25) is 0 Å². The molecule has 1 N–H and O–H groups in total. The fourth-order valence-corrected chi connectivity index (χ4v) is 2.65. The largest absolute Gasteiger partial charge is 0.373 e. The zero-order valence-electron chi connectivity index (χ0n) is 9.88. The van der Waals surface area contributed by atoms with Crippen molar-refractivity contribution in [3.8, 4) is 0 Å². The van der Waals surface area contributed by atoms with Crippen LogP contribution in [-0.2, 0) is 4.74 Å². The molecule has 4 heteroatoms. The first-order chi connectivity index (χ1) is 8.22. The normalized spacial score (nSPS) is 24.2. The lowest BCUT2D eigenvalue weighted by Gasteiger charge is -2.20. The van der Waals surface area contributed by atoms with E-state index in [9.17, 15) is 0 Å². The molecule has 0 spiro atoms. The van der Waals surface area contributed by atoms with Crippen LogP contribution >= 0.6 is 23.2 Å². The third-order valence-electron chi connectivity index (χ3n) is 3.14. The van der Waals surface area contributed by atoms with Crippen molar-refractivity contribution < 1.29 is 4.74 Å². The molecule has 1 aliphatic rings. The van der Waals surface area contributed by atoms with Gasteiger partial charge in [0.2, 0.25) is 0 Å². The van der Waals surface area contributed by atoms with Crippen LogP contribution in [0, 0.1) is 5.92 Å². The number of hydrogen-bond acceptors (Lipinski definition) is 2. The van der Waals surface area contributed by atoms with E-state index in [1.54, 1.807) is 0 Å². The van der Waals surface area contributed by atoms with Crippen molar-refractivity contribution in [2.45, 2.75) is 19.4 Å². The molecular weight excluding hydrogens is 257 g/mol. The van der Waals surface area contributed by atoms with E-state index in [-0.39, 0.29) is 6.10 Å². The van der Waals surface area contributed by atoms with Gasteiger partial charge in [-0.2, -0.15) is 0 Å². The van der Waals surface area contributed by atoms with Gasteiger partial charge in [-0.25, -0.2) is 0 Å². The molecule has 17 heavy (non-hydrogen) atoms. The topological polar surface area (TPSA) is 21.3 Å². The maximum Gasteiger partial charge on any atom is 0.0880 e. The van der Waals surface area contributed by atoms with E-state index in [1.807, 2.05) is 18.2 Å². The molecule has 0 bridgehead atoms. The lowest BCUT2D eigenvalue weighted by molar-refractivity contribution is 0.0907. The molecular formula is C13H17Cl2NO. The predicted molar refractivity (Wildman–Crippen MR) is 71.8 cm³/mol. The maximum absolute atomic E-state index is 6.22. The molecule has 0 aliphatic carbocycles. The number of hydrogen-bond donors (Lipinski definition) is 1. The second-order valence-corrected chi connectivity index (χ2v) is 5.16. The van der Waals surface area contributed by atoms with Crippen LogP contribution < -0.4 is 5.32 Å². The summed E-state index contributed by atoms with van der Waals surface area (Å²) in [6.45, 7) is 4.84. The molecule has 1 heterocycles. The first-order valence-corrected chi connectivity index (χ1v) is 6.75. The maximum atomic E-state index is 6.22. The van der Waals surface area contributed by atoms with Crippen LogP contribution in [0.25, 0.3) is 0 Å². The van der Waals surface area contributed by atoms with Crippen LogP contribution in [-0.4, -0.2) is 19.7 Å². The van der Waals surface area contributed by atoms with E-state index in [4.69, 9.17) is 27.9 Å². The van der Waals surface area contributed by atoms with Crippen molar-refractivity contribution in [3.05, 3.63) is 33.8 Å². The standard InChI is InChI=1S/C13H17Cl2NO/c1-2-16-8-9-5-6-17-13(9)11-7-10(14)3-4-12(11)15/h3-4,7,9,13,16H,2,5-6,8H2,1H3. The molecule has 1 saturated heterocycles. The highest BCUT2D eigenvalue weighted by Crippen LogP contribution is 2.38. The van der Waals surface area contributed by atoms with Crippen LogP contribution in [0.3, 0.4) is 0 Å². The van der Waals surface area contributed by atoms with Gasteiger partial charge in [0.25, 0.3) is 0 Å². The van der Waals surface area contributed by atoms with E-state index in [2.05, 4.69) is 12.2 Å². The van der Waals surface area contributed by atoms with Crippen LogP contribution in [0.5, 0.6) is 0 Å². The average Bonchev–Trinajstić information content (AvgIpc) is 2.77. The van der Waals surface area contributed by atoms with E-state index >= 15 is 0 Å². The second kappa shape index (κ2) is 6.05. The molecule has 1 aliphatic heterocycles. The summed E-state index contributed by atoms with van der Waals surface area (Å²) in [5, 5.41) is 4.82. The van der Waals surface area contributed by atoms with E-state index in [0.29, 0.717) is 10.9 Å². The van der Waals surface area contributed by atoms with E-state index in [0.717, 1.165) is 36.7 Å². The molecule has 2 nitrogen and oxygen atoms in total. The van der Waals surface area contributed by atoms with Gasteiger partial charge in [0.1, 0.15) is 0 Å². The summed E-state index contributed by atoms with van der Waals surface area (Å²) in [6.07, 6.45) is 1.14. The summed E-state index contributed by atoms with van der Waals surface area (Å²) in [4.78, 5) is 0. The smallest absolute Gasteiger partial charge is 0.0880 e. The summed E-state index contributed by atoms with van der Waals surface area (Å²) >= 11 is 12.2. The summed E-state index contributed by atoms with van der Waals surface area (Å²) in [5.74, 6) is 0.478. The lowest BCUT2D eigenvalue weighted by Crippen LogP contribution is -2.24. The Labute approximate surface area is 112 Å². The average molecular weight is 274 g/mol. The first kappa shape index (κ1) is 13.2. The van der Waals surface area contributed by atoms with Crippen molar-refractivity contribution in [1.82, 2.24) is 5.32 Å². The number of rotatable bonds is 4. The van der Waals surface area contributed by atoms with Crippen molar-refractivity contribution in [2.75, 3.05) is 19.7 Å². The van der Waals surface area contributed by atoms with Crippen LogP contribution in [0.1, 0.15) is 25.0 Å². The van der Waals surface area contributed by atoms with Gasteiger partial charge in [-0.1, -0.05) is 30.1 Å². The highest BCUT2D eigenvalue weighted by molar-refractivity contribution is 6.33.